The third-order valence-electron chi connectivity index (χ3n) is 4.50. The minimum Gasteiger partial charge on any atom is -0.395 e. The van der Waals surface area contributed by atoms with E-state index in [-0.39, 0.29) is 25.0 Å². The summed E-state index contributed by atoms with van der Waals surface area (Å²) in [5.41, 5.74) is -0.126. The molecule has 1 aliphatic heterocycles. The molecule has 2 rings (SSSR count). The van der Waals surface area contributed by atoms with Gasteiger partial charge in [0.05, 0.1) is 18.6 Å². The highest BCUT2D eigenvalue weighted by Gasteiger charge is 2.30. The van der Waals surface area contributed by atoms with Gasteiger partial charge in [0.2, 0.25) is 5.91 Å². The highest BCUT2D eigenvalue weighted by atomic mass is 19.4. The van der Waals surface area contributed by atoms with Crippen LogP contribution in [0.15, 0.2) is 24.3 Å². The van der Waals surface area contributed by atoms with Crippen LogP contribution in [0.25, 0.3) is 0 Å². The van der Waals surface area contributed by atoms with Crippen molar-refractivity contribution in [1.29, 1.82) is 0 Å². The summed E-state index contributed by atoms with van der Waals surface area (Å²) in [5, 5.41) is 9.33. The molecule has 1 amide bonds. The first kappa shape index (κ1) is 18.7. The second kappa shape index (κ2) is 7.98. The molecule has 0 saturated carbocycles. The van der Waals surface area contributed by atoms with Gasteiger partial charge >= 0.3 is 6.18 Å². The Morgan fingerprint density at radius 2 is 1.75 bits per heavy atom. The number of aliphatic hydroxyl groups excluding tert-OH is 1. The predicted octanol–water partition coefficient (Wildman–Crippen LogP) is 2.16. The molecular weight excluding hydrogens is 321 g/mol. The minimum atomic E-state index is -4.36. The lowest BCUT2D eigenvalue weighted by Crippen LogP contribution is -2.53. The van der Waals surface area contributed by atoms with Crippen molar-refractivity contribution in [2.45, 2.75) is 32.0 Å². The molecule has 0 spiro atoms. The number of nitrogens with zero attached hydrogens (tertiary/aromatic N) is 2. The molecule has 0 aromatic heterocycles. The van der Waals surface area contributed by atoms with E-state index in [4.69, 9.17) is 0 Å². The molecule has 0 aliphatic carbocycles. The molecule has 1 fully saturated rings. The molecule has 7 heteroatoms. The number of carbonyl (C=O) groups excluding carboxylic acids is 1. The molecule has 134 valence electrons. The van der Waals surface area contributed by atoms with Crippen LogP contribution in [-0.2, 0) is 17.4 Å². The second-order valence-electron chi connectivity index (χ2n) is 6.03. The largest absolute Gasteiger partial charge is 0.416 e. The SMILES string of the molecule is CCC(CO)N1CCN(C(=O)Cc2ccc(C(F)(F)F)cc2)CC1. The van der Waals surface area contributed by atoms with Gasteiger partial charge in [-0.05, 0) is 24.1 Å². The van der Waals surface area contributed by atoms with Gasteiger partial charge in [-0.3, -0.25) is 9.69 Å². The molecule has 1 aromatic rings. The Hall–Kier alpha value is -1.60. The van der Waals surface area contributed by atoms with Crippen molar-refractivity contribution in [2.75, 3.05) is 32.8 Å². The van der Waals surface area contributed by atoms with Crippen LogP contribution in [0.2, 0.25) is 0 Å². The van der Waals surface area contributed by atoms with Gasteiger partial charge in [0.25, 0.3) is 0 Å². The zero-order valence-corrected chi connectivity index (χ0v) is 13.7. The van der Waals surface area contributed by atoms with E-state index in [1.165, 1.54) is 12.1 Å². The van der Waals surface area contributed by atoms with Crippen molar-refractivity contribution in [3.63, 3.8) is 0 Å². The summed E-state index contributed by atoms with van der Waals surface area (Å²) in [6, 6.07) is 4.85. The Bertz CT molecular complexity index is 534. The van der Waals surface area contributed by atoms with Gasteiger partial charge in [0, 0.05) is 32.2 Å². The summed E-state index contributed by atoms with van der Waals surface area (Å²) < 4.78 is 37.6. The van der Waals surface area contributed by atoms with Crippen LogP contribution in [0.3, 0.4) is 0 Å². The number of piperazine rings is 1. The van der Waals surface area contributed by atoms with Gasteiger partial charge in [-0.1, -0.05) is 19.1 Å². The maximum atomic E-state index is 12.5. The van der Waals surface area contributed by atoms with Crippen molar-refractivity contribution in [1.82, 2.24) is 9.80 Å². The van der Waals surface area contributed by atoms with Gasteiger partial charge < -0.3 is 10.0 Å². The molecule has 1 unspecified atom stereocenters. The van der Waals surface area contributed by atoms with Crippen molar-refractivity contribution in [2.24, 2.45) is 0 Å². The van der Waals surface area contributed by atoms with Crippen LogP contribution in [0.4, 0.5) is 13.2 Å². The highest BCUT2D eigenvalue weighted by molar-refractivity contribution is 5.78. The molecule has 1 heterocycles. The molecule has 4 nitrogen and oxygen atoms in total. The molecule has 0 radical (unpaired) electrons. The fourth-order valence-corrected chi connectivity index (χ4v) is 2.94. The Labute approximate surface area is 139 Å². The van der Waals surface area contributed by atoms with Crippen LogP contribution in [0, 0.1) is 0 Å². The number of carbonyl (C=O) groups is 1. The van der Waals surface area contributed by atoms with Gasteiger partial charge in [-0.2, -0.15) is 13.2 Å². The van der Waals surface area contributed by atoms with Crippen LogP contribution < -0.4 is 0 Å². The second-order valence-corrected chi connectivity index (χ2v) is 6.03. The van der Waals surface area contributed by atoms with E-state index in [2.05, 4.69) is 4.90 Å². The predicted molar refractivity (Wildman–Crippen MR) is 84.5 cm³/mol. The van der Waals surface area contributed by atoms with E-state index >= 15 is 0 Å². The first-order valence-corrected chi connectivity index (χ1v) is 8.14. The lowest BCUT2D eigenvalue weighted by molar-refractivity contribution is -0.137. The molecule has 1 aliphatic rings. The Morgan fingerprint density at radius 3 is 2.21 bits per heavy atom. The molecule has 24 heavy (non-hydrogen) atoms. The summed E-state index contributed by atoms with van der Waals surface area (Å²) in [6.45, 7) is 4.70. The Morgan fingerprint density at radius 1 is 1.17 bits per heavy atom. The van der Waals surface area contributed by atoms with Crippen molar-refractivity contribution >= 4 is 5.91 Å². The van der Waals surface area contributed by atoms with Crippen molar-refractivity contribution in [3.8, 4) is 0 Å². The third-order valence-corrected chi connectivity index (χ3v) is 4.50. The number of hydrogen-bond acceptors (Lipinski definition) is 3. The number of rotatable bonds is 5. The van der Waals surface area contributed by atoms with Crippen LogP contribution >= 0.6 is 0 Å². The zero-order valence-electron chi connectivity index (χ0n) is 13.7. The Kier molecular flexibility index (Phi) is 6.23. The quantitative estimate of drug-likeness (QED) is 0.890. The molecule has 1 aromatic carbocycles. The number of alkyl halides is 3. The van der Waals surface area contributed by atoms with Gasteiger partial charge in [0.1, 0.15) is 0 Å². The monoisotopic (exact) mass is 344 g/mol. The normalized spacial score (nSPS) is 17.8. The first-order chi connectivity index (χ1) is 11.3. The summed E-state index contributed by atoms with van der Waals surface area (Å²) >= 11 is 0. The third kappa shape index (κ3) is 4.70. The highest BCUT2D eigenvalue weighted by Crippen LogP contribution is 2.29. The molecule has 1 N–H and O–H groups in total. The number of benzene rings is 1. The topological polar surface area (TPSA) is 43.8 Å². The first-order valence-electron chi connectivity index (χ1n) is 8.14. The maximum absolute atomic E-state index is 12.5. The average molecular weight is 344 g/mol. The maximum Gasteiger partial charge on any atom is 0.416 e. The molecule has 1 atom stereocenters. The number of halogens is 3. The lowest BCUT2D eigenvalue weighted by atomic mass is 10.1. The standard InChI is InChI=1S/C17H23F3N2O2/c1-2-15(12-23)21-7-9-22(10-8-21)16(24)11-13-3-5-14(6-4-13)17(18,19)20/h3-6,15,23H,2,7-12H2,1H3. The van der Waals surface area contributed by atoms with Gasteiger partial charge in [0.15, 0.2) is 0 Å². The van der Waals surface area contributed by atoms with Crippen molar-refractivity contribution < 1.29 is 23.1 Å². The summed E-state index contributed by atoms with van der Waals surface area (Å²) in [7, 11) is 0. The number of aliphatic hydroxyl groups is 1. The van der Waals surface area contributed by atoms with E-state index in [1.807, 2.05) is 6.92 Å². The average Bonchev–Trinajstić information content (AvgIpc) is 2.56. The van der Waals surface area contributed by atoms with E-state index in [9.17, 15) is 23.1 Å². The lowest BCUT2D eigenvalue weighted by Gasteiger charge is -2.38. The van der Waals surface area contributed by atoms with Crippen molar-refractivity contribution in [3.05, 3.63) is 35.4 Å². The molecule has 1 saturated heterocycles. The van der Waals surface area contributed by atoms with Crippen LogP contribution in [-0.4, -0.2) is 59.6 Å². The summed E-state index contributed by atoms with van der Waals surface area (Å²) in [4.78, 5) is 16.2. The van der Waals surface area contributed by atoms with Crippen LogP contribution in [0.5, 0.6) is 0 Å². The fourth-order valence-electron chi connectivity index (χ4n) is 2.94. The smallest absolute Gasteiger partial charge is 0.395 e. The van der Waals surface area contributed by atoms with Gasteiger partial charge in [-0.15, -0.1) is 0 Å². The zero-order chi connectivity index (χ0) is 17.7. The van der Waals surface area contributed by atoms with E-state index < -0.39 is 11.7 Å². The Balaban J connectivity index is 1.87. The van der Waals surface area contributed by atoms with E-state index in [0.29, 0.717) is 31.7 Å². The number of hydrogen-bond donors (Lipinski definition) is 1. The molecular formula is C17H23F3N2O2. The summed E-state index contributed by atoms with van der Waals surface area (Å²) in [6.07, 6.45) is -3.40. The number of amides is 1. The van der Waals surface area contributed by atoms with Gasteiger partial charge in [-0.25, -0.2) is 0 Å². The van der Waals surface area contributed by atoms with E-state index in [0.717, 1.165) is 18.6 Å². The van der Waals surface area contributed by atoms with E-state index in [1.54, 1.807) is 4.90 Å². The summed E-state index contributed by atoms with van der Waals surface area (Å²) in [5.74, 6) is -0.0774. The van der Waals surface area contributed by atoms with Crippen LogP contribution in [0.1, 0.15) is 24.5 Å². The molecule has 0 bridgehead atoms. The minimum absolute atomic E-state index is 0.0774. The fraction of sp³-hybridized carbons (Fsp3) is 0.588.